The van der Waals surface area contributed by atoms with E-state index in [-0.39, 0.29) is 29.6 Å². The summed E-state index contributed by atoms with van der Waals surface area (Å²) in [6, 6.07) is 7.71. The Balaban J connectivity index is 1.38. The zero-order valence-corrected chi connectivity index (χ0v) is 21.4. The average Bonchev–Trinajstić information content (AvgIpc) is 3.83. The molecule has 5 rings (SSSR count). The Morgan fingerprint density at radius 1 is 1.05 bits per heavy atom. The minimum Gasteiger partial charge on any atom is -0.339 e. The lowest BCUT2D eigenvalue weighted by Crippen LogP contribution is -2.50. The molecule has 9 heteroatoms. The summed E-state index contributed by atoms with van der Waals surface area (Å²) in [5.74, 6) is -0.412. The van der Waals surface area contributed by atoms with Gasteiger partial charge in [-0.05, 0) is 88.0 Å². The quantitative estimate of drug-likeness (QED) is 0.387. The molecule has 2 N–H and O–H groups in total. The van der Waals surface area contributed by atoms with Crippen molar-refractivity contribution in [3.05, 3.63) is 60.1 Å². The maximum atomic E-state index is 15.1. The van der Waals surface area contributed by atoms with Gasteiger partial charge in [0.25, 0.3) is 5.91 Å². The van der Waals surface area contributed by atoms with Crippen molar-refractivity contribution in [2.24, 2.45) is 17.8 Å². The molecular weight excluding hydrogens is 471 g/mol. The third kappa shape index (κ3) is 5.40. The van der Waals surface area contributed by atoms with Gasteiger partial charge in [-0.25, -0.2) is 4.98 Å². The van der Waals surface area contributed by atoms with E-state index >= 15 is 4.39 Å². The number of hydrogen-bond acceptors (Lipinski definition) is 5. The molecule has 0 aromatic carbocycles. The minimum atomic E-state index is -0.738. The Labute approximate surface area is 216 Å². The molecule has 8 nitrogen and oxygen atoms in total. The first-order valence-electron chi connectivity index (χ1n) is 13.1. The number of carbonyl (C=O) groups excluding carboxylic acids is 2. The number of nitrogens with zero attached hydrogens (tertiary/aromatic N) is 4. The maximum absolute atomic E-state index is 15.1. The number of carbonyl (C=O) groups is 2. The van der Waals surface area contributed by atoms with Gasteiger partial charge in [-0.3, -0.25) is 19.3 Å². The van der Waals surface area contributed by atoms with Crippen molar-refractivity contribution in [2.75, 3.05) is 5.32 Å². The second-order valence-electron chi connectivity index (χ2n) is 10.3. The molecule has 2 fully saturated rings. The molecule has 3 heterocycles. The van der Waals surface area contributed by atoms with Crippen LogP contribution in [0.15, 0.2) is 42.7 Å². The Bertz CT molecular complexity index is 1290. The van der Waals surface area contributed by atoms with Gasteiger partial charge in [0.15, 0.2) is 0 Å². The number of halogens is 1. The fourth-order valence-electron chi connectivity index (χ4n) is 5.22. The van der Waals surface area contributed by atoms with Crippen LogP contribution in [0.1, 0.15) is 68.7 Å². The summed E-state index contributed by atoms with van der Waals surface area (Å²) < 4.78 is 16.7. The molecule has 2 saturated carbocycles. The van der Waals surface area contributed by atoms with Crippen LogP contribution < -0.4 is 10.6 Å². The number of rotatable bonds is 10. The fraction of sp³-hybridized carbons (Fsp3) is 0.464. The molecule has 2 aliphatic rings. The van der Waals surface area contributed by atoms with Gasteiger partial charge < -0.3 is 10.6 Å². The summed E-state index contributed by atoms with van der Waals surface area (Å²) in [5, 5.41) is 10.0. The van der Waals surface area contributed by atoms with E-state index in [2.05, 4.69) is 25.7 Å². The van der Waals surface area contributed by atoms with Crippen LogP contribution in [0.2, 0.25) is 0 Å². The van der Waals surface area contributed by atoms with E-state index in [4.69, 9.17) is 0 Å². The highest BCUT2D eigenvalue weighted by atomic mass is 19.1. The molecule has 0 radical (unpaired) electrons. The summed E-state index contributed by atoms with van der Waals surface area (Å²) in [7, 11) is 0. The van der Waals surface area contributed by atoms with E-state index in [0.717, 1.165) is 31.4 Å². The van der Waals surface area contributed by atoms with Crippen LogP contribution in [0.3, 0.4) is 0 Å². The smallest absolute Gasteiger partial charge is 0.270 e. The van der Waals surface area contributed by atoms with Gasteiger partial charge in [0.2, 0.25) is 11.9 Å². The summed E-state index contributed by atoms with van der Waals surface area (Å²) in [5.41, 5.74) is 2.21. The predicted octanol–water partition coefficient (Wildman–Crippen LogP) is 4.80. The molecule has 0 bridgehead atoms. The van der Waals surface area contributed by atoms with Crippen molar-refractivity contribution < 1.29 is 14.0 Å². The molecule has 0 spiro atoms. The first-order chi connectivity index (χ1) is 17.9. The molecule has 2 aliphatic carbocycles. The van der Waals surface area contributed by atoms with Gasteiger partial charge in [-0.2, -0.15) is 9.49 Å². The van der Waals surface area contributed by atoms with Crippen LogP contribution in [0.25, 0.3) is 11.1 Å². The van der Waals surface area contributed by atoms with E-state index in [1.165, 1.54) is 0 Å². The highest BCUT2D eigenvalue weighted by Gasteiger charge is 2.48. The third-order valence-electron chi connectivity index (χ3n) is 7.29. The topological polar surface area (TPSA) is 102 Å². The van der Waals surface area contributed by atoms with Gasteiger partial charge in [0, 0.05) is 35.3 Å². The summed E-state index contributed by atoms with van der Waals surface area (Å²) >= 11 is 0. The molecule has 0 aliphatic heterocycles. The largest absolute Gasteiger partial charge is 0.339 e. The van der Waals surface area contributed by atoms with Crippen molar-refractivity contribution in [2.45, 2.75) is 65.0 Å². The van der Waals surface area contributed by atoms with Crippen LogP contribution in [-0.4, -0.2) is 37.6 Å². The second kappa shape index (κ2) is 10.4. The molecule has 2 amide bonds. The van der Waals surface area contributed by atoms with Crippen LogP contribution in [0, 0.1) is 23.7 Å². The number of hydrogen-bond donors (Lipinski definition) is 2. The highest BCUT2D eigenvalue weighted by molar-refractivity contribution is 6.00. The minimum absolute atomic E-state index is 0.00409. The fourth-order valence-corrected chi connectivity index (χ4v) is 5.22. The van der Waals surface area contributed by atoms with Crippen molar-refractivity contribution in [3.63, 3.8) is 0 Å². The van der Waals surface area contributed by atoms with Crippen molar-refractivity contribution in [3.8, 4) is 11.1 Å². The normalized spacial score (nSPS) is 16.2. The van der Waals surface area contributed by atoms with E-state index in [0.29, 0.717) is 35.1 Å². The highest BCUT2D eigenvalue weighted by Crippen LogP contribution is 2.51. The molecule has 1 atom stereocenters. The van der Waals surface area contributed by atoms with E-state index < -0.39 is 12.0 Å². The van der Waals surface area contributed by atoms with Gasteiger partial charge in [-0.15, -0.1) is 0 Å². The summed E-state index contributed by atoms with van der Waals surface area (Å²) in [6.45, 7) is 5.86. The predicted molar refractivity (Wildman–Crippen MR) is 138 cm³/mol. The van der Waals surface area contributed by atoms with Crippen LogP contribution in [0.4, 0.5) is 10.2 Å². The maximum Gasteiger partial charge on any atom is 0.270 e. The molecule has 0 saturated heterocycles. The number of anilines is 1. The van der Waals surface area contributed by atoms with Crippen molar-refractivity contribution in [1.82, 2.24) is 25.1 Å². The van der Waals surface area contributed by atoms with Crippen molar-refractivity contribution in [1.29, 1.82) is 0 Å². The zero-order chi connectivity index (χ0) is 26.1. The van der Waals surface area contributed by atoms with Crippen LogP contribution in [0.5, 0.6) is 0 Å². The second-order valence-corrected chi connectivity index (χ2v) is 10.3. The average molecular weight is 505 g/mol. The Morgan fingerprint density at radius 2 is 1.78 bits per heavy atom. The molecule has 3 aromatic rings. The van der Waals surface area contributed by atoms with E-state index in [9.17, 15) is 9.59 Å². The summed E-state index contributed by atoms with van der Waals surface area (Å²) in [4.78, 5) is 35.2. The third-order valence-corrected chi connectivity index (χ3v) is 7.29. The van der Waals surface area contributed by atoms with Gasteiger partial charge in [0.05, 0.1) is 0 Å². The number of aryl methyl sites for hydroxylation is 1. The molecular formula is C28H33FN6O2. The number of pyridine rings is 2. The molecule has 0 unspecified atom stereocenters. The van der Waals surface area contributed by atoms with Gasteiger partial charge in [-0.1, -0.05) is 13.0 Å². The Kier molecular flexibility index (Phi) is 7.04. The van der Waals surface area contributed by atoms with Crippen LogP contribution >= 0.6 is 0 Å². The first-order valence-corrected chi connectivity index (χ1v) is 13.1. The molecule has 194 valence electrons. The van der Waals surface area contributed by atoms with E-state index in [1.807, 2.05) is 26.8 Å². The monoisotopic (exact) mass is 504 g/mol. The van der Waals surface area contributed by atoms with E-state index in [1.54, 1.807) is 41.3 Å². The van der Waals surface area contributed by atoms with Crippen LogP contribution in [-0.2, 0) is 11.2 Å². The Morgan fingerprint density at radius 3 is 2.41 bits per heavy atom. The SMILES string of the molecule is CCc1ncccc1-c1ccc(NC(=O)[C@@H](NC(=O)c2ccnn2C(C)C)C(C2CC2)C2CC2)nc1F. The number of nitrogens with one attached hydrogen (secondary N) is 2. The summed E-state index contributed by atoms with van der Waals surface area (Å²) in [6.07, 6.45) is 8.14. The Hall–Kier alpha value is -3.62. The standard InChI is InChI=1S/C28H33FN6O2/c1-4-21-19(6-5-14-30-21)20-11-12-23(32-26(20)29)33-28(37)25(24(17-7-8-17)18-9-10-18)34-27(36)22-13-15-31-35(22)16(2)3/h5-6,11-18,24-25H,4,7-10H2,1-3H3,(H,34,36)(H,32,33,37)/t25-/m0/s1. The van der Waals surface area contributed by atoms with Gasteiger partial charge in [0.1, 0.15) is 17.6 Å². The van der Waals surface area contributed by atoms with Gasteiger partial charge >= 0.3 is 0 Å². The lowest BCUT2D eigenvalue weighted by atomic mass is 9.88. The number of amides is 2. The lowest BCUT2D eigenvalue weighted by Gasteiger charge is -2.27. The van der Waals surface area contributed by atoms with Crippen molar-refractivity contribution >= 4 is 17.6 Å². The zero-order valence-electron chi connectivity index (χ0n) is 21.4. The lowest BCUT2D eigenvalue weighted by molar-refractivity contribution is -0.119. The first kappa shape index (κ1) is 25.0. The molecule has 3 aromatic heterocycles. The molecule has 37 heavy (non-hydrogen) atoms. The number of aromatic nitrogens is 4.